The van der Waals surface area contributed by atoms with Crippen LogP contribution in [0.2, 0.25) is 5.02 Å². The van der Waals surface area contributed by atoms with Crippen LogP contribution in [-0.4, -0.2) is 13.0 Å². The van der Waals surface area contributed by atoms with Gasteiger partial charge in [0.25, 0.3) is 5.91 Å². The summed E-state index contributed by atoms with van der Waals surface area (Å²) in [6.45, 7) is 0. The van der Waals surface area contributed by atoms with E-state index in [1.54, 1.807) is 36.4 Å². The smallest absolute Gasteiger partial charge is 0.257 e. The number of hydrogen-bond donors (Lipinski definition) is 2. The number of amides is 1. The summed E-state index contributed by atoms with van der Waals surface area (Å²) in [5.41, 5.74) is 7.11. The summed E-state index contributed by atoms with van der Waals surface area (Å²) in [6.07, 6.45) is 0. The van der Waals surface area contributed by atoms with Crippen molar-refractivity contribution >= 4 is 44.8 Å². The molecule has 0 aromatic heterocycles. The molecule has 0 aliphatic rings. The quantitative estimate of drug-likeness (QED) is 0.820. The van der Waals surface area contributed by atoms with Gasteiger partial charge >= 0.3 is 0 Å². The van der Waals surface area contributed by atoms with Crippen LogP contribution >= 0.6 is 27.5 Å². The molecule has 0 saturated carbocycles. The Morgan fingerprint density at radius 3 is 2.80 bits per heavy atom. The number of nitrogens with one attached hydrogen (secondary N) is 1. The van der Waals surface area contributed by atoms with Crippen LogP contribution in [0.15, 0.2) is 40.9 Å². The first-order valence-electron chi connectivity index (χ1n) is 5.72. The van der Waals surface area contributed by atoms with E-state index in [1.165, 1.54) is 7.11 Å². The Kier molecular flexibility index (Phi) is 4.52. The van der Waals surface area contributed by atoms with Crippen LogP contribution in [-0.2, 0) is 0 Å². The molecule has 0 unspecified atom stereocenters. The number of carbonyl (C=O) groups excluding carboxylic acids is 1. The minimum atomic E-state index is -0.329. The fourth-order valence-electron chi connectivity index (χ4n) is 1.65. The van der Waals surface area contributed by atoms with E-state index in [-0.39, 0.29) is 5.91 Å². The lowest BCUT2D eigenvalue weighted by Crippen LogP contribution is -2.14. The second-order valence-corrected chi connectivity index (χ2v) is 5.21. The standard InChI is InChI=1S/C14H12BrClN2O2/c1-20-8-5-6-11(17)9(7-8)14(19)18-12-4-2-3-10(16)13(12)15/h2-7H,17H2,1H3,(H,18,19). The van der Waals surface area contributed by atoms with Gasteiger partial charge in [-0.2, -0.15) is 0 Å². The van der Waals surface area contributed by atoms with Gasteiger partial charge < -0.3 is 15.8 Å². The van der Waals surface area contributed by atoms with Crippen molar-refractivity contribution in [1.82, 2.24) is 0 Å². The highest BCUT2D eigenvalue weighted by Crippen LogP contribution is 2.31. The van der Waals surface area contributed by atoms with Gasteiger partial charge in [-0.3, -0.25) is 4.79 Å². The van der Waals surface area contributed by atoms with Crippen molar-refractivity contribution in [3.8, 4) is 5.75 Å². The Labute approximate surface area is 130 Å². The fourth-order valence-corrected chi connectivity index (χ4v) is 2.19. The van der Waals surface area contributed by atoms with Gasteiger partial charge in [0, 0.05) is 5.69 Å². The van der Waals surface area contributed by atoms with Crippen LogP contribution < -0.4 is 15.8 Å². The molecular formula is C14H12BrClN2O2. The largest absolute Gasteiger partial charge is 0.497 e. The Hall–Kier alpha value is -1.72. The third-order valence-electron chi connectivity index (χ3n) is 2.70. The second-order valence-electron chi connectivity index (χ2n) is 4.01. The first kappa shape index (κ1) is 14.7. The zero-order chi connectivity index (χ0) is 14.7. The number of ether oxygens (including phenoxy) is 1. The van der Waals surface area contributed by atoms with Gasteiger partial charge in [-0.1, -0.05) is 17.7 Å². The van der Waals surface area contributed by atoms with E-state index in [0.717, 1.165) is 0 Å². The number of benzene rings is 2. The molecule has 0 aliphatic carbocycles. The van der Waals surface area contributed by atoms with Gasteiger partial charge in [0.05, 0.1) is 27.9 Å². The van der Waals surface area contributed by atoms with Gasteiger partial charge in [0.2, 0.25) is 0 Å². The lowest BCUT2D eigenvalue weighted by atomic mass is 10.1. The van der Waals surface area contributed by atoms with Crippen LogP contribution in [0.25, 0.3) is 0 Å². The topological polar surface area (TPSA) is 64.3 Å². The molecule has 1 amide bonds. The van der Waals surface area contributed by atoms with Gasteiger partial charge in [-0.05, 0) is 46.3 Å². The van der Waals surface area contributed by atoms with Crippen molar-refractivity contribution < 1.29 is 9.53 Å². The lowest BCUT2D eigenvalue weighted by Gasteiger charge is -2.11. The first-order chi connectivity index (χ1) is 9.52. The number of carbonyl (C=O) groups is 1. The van der Waals surface area contributed by atoms with Crippen molar-refractivity contribution in [3.63, 3.8) is 0 Å². The maximum Gasteiger partial charge on any atom is 0.257 e. The predicted octanol–water partition coefficient (Wildman–Crippen LogP) is 3.95. The van der Waals surface area contributed by atoms with Crippen LogP contribution in [0.5, 0.6) is 5.75 Å². The molecule has 0 saturated heterocycles. The minimum Gasteiger partial charge on any atom is -0.497 e. The van der Waals surface area contributed by atoms with Crippen LogP contribution in [0.4, 0.5) is 11.4 Å². The van der Waals surface area contributed by atoms with Crippen molar-refractivity contribution in [2.24, 2.45) is 0 Å². The third kappa shape index (κ3) is 3.05. The monoisotopic (exact) mass is 354 g/mol. The van der Waals surface area contributed by atoms with E-state index < -0.39 is 0 Å². The van der Waals surface area contributed by atoms with E-state index >= 15 is 0 Å². The van der Waals surface area contributed by atoms with Crippen LogP contribution in [0, 0.1) is 0 Å². The minimum absolute atomic E-state index is 0.329. The molecule has 0 atom stereocenters. The second kappa shape index (κ2) is 6.15. The van der Waals surface area contributed by atoms with Crippen LogP contribution in [0.3, 0.4) is 0 Å². The number of anilines is 2. The van der Waals surface area contributed by atoms with Crippen molar-refractivity contribution in [3.05, 3.63) is 51.5 Å². The molecule has 0 radical (unpaired) electrons. The molecular weight excluding hydrogens is 344 g/mol. The molecule has 2 aromatic rings. The summed E-state index contributed by atoms with van der Waals surface area (Å²) in [5.74, 6) is 0.235. The summed E-state index contributed by atoms with van der Waals surface area (Å²) in [7, 11) is 1.53. The Morgan fingerprint density at radius 1 is 1.35 bits per heavy atom. The highest BCUT2D eigenvalue weighted by Gasteiger charge is 2.13. The number of nitrogens with two attached hydrogens (primary N) is 1. The van der Waals surface area contributed by atoms with Gasteiger partial charge in [-0.25, -0.2) is 0 Å². The SMILES string of the molecule is COc1ccc(N)c(C(=O)Nc2cccc(Cl)c2Br)c1. The van der Waals surface area contributed by atoms with E-state index in [2.05, 4.69) is 21.2 Å². The summed E-state index contributed by atoms with van der Waals surface area (Å²) < 4.78 is 5.71. The molecule has 0 fully saturated rings. The van der Waals surface area contributed by atoms with E-state index in [4.69, 9.17) is 22.1 Å². The molecule has 0 spiro atoms. The molecule has 0 heterocycles. The fraction of sp³-hybridized carbons (Fsp3) is 0.0714. The van der Waals surface area contributed by atoms with Crippen LogP contribution in [0.1, 0.15) is 10.4 Å². The maximum atomic E-state index is 12.3. The molecule has 0 bridgehead atoms. The number of rotatable bonds is 3. The highest BCUT2D eigenvalue weighted by molar-refractivity contribution is 9.10. The highest BCUT2D eigenvalue weighted by atomic mass is 79.9. The zero-order valence-corrected chi connectivity index (χ0v) is 13.0. The van der Waals surface area contributed by atoms with Gasteiger partial charge in [0.1, 0.15) is 5.75 Å². The summed E-state index contributed by atoms with van der Waals surface area (Å²) >= 11 is 9.30. The molecule has 104 valence electrons. The number of nitrogen functional groups attached to an aromatic ring is 1. The summed E-state index contributed by atoms with van der Waals surface area (Å²) in [5, 5.41) is 3.27. The average molecular weight is 356 g/mol. The lowest BCUT2D eigenvalue weighted by molar-refractivity contribution is 0.102. The Balaban J connectivity index is 2.30. The number of hydrogen-bond acceptors (Lipinski definition) is 3. The molecule has 2 aromatic carbocycles. The van der Waals surface area contributed by atoms with E-state index in [0.29, 0.717) is 32.2 Å². The van der Waals surface area contributed by atoms with Crippen molar-refractivity contribution in [1.29, 1.82) is 0 Å². The molecule has 4 nitrogen and oxygen atoms in total. The Bertz CT molecular complexity index is 662. The first-order valence-corrected chi connectivity index (χ1v) is 6.89. The zero-order valence-electron chi connectivity index (χ0n) is 10.6. The molecule has 6 heteroatoms. The van der Waals surface area contributed by atoms with Gasteiger partial charge in [0.15, 0.2) is 0 Å². The maximum absolute atomic E-state index is 12.3. The number of methoxy groups -OCH3 is 1. The van der Waals surface area contributed by atoms with Crippen molar-refractivity contribution in [2.75, 3.05) is 18.2 Å². The Morgan fingerprint density at radius 2 is 2.10 bits per heavy atom. The average Bonchev–Trinajstić information content (AvgIpc) is 2.44. The van der Waals surface area contributed by atoms with E-state index in [1.807, 2.05) is 0 Å². The third-order valence-corrected chi connectivity index (χ3v) is 4.10. The van der Waals surface area contributed by atoms with E-state index in [9.17, 15) is 4.79 Å². The predicted molar refractivity (Wildman–Crippen MR) is 84.5 cm³/mol. The summed E-state index contributed by atoms with van der Waals surface area (Å²) in [6, 6.07) is 10.1. The normalized spacial score (nSPS) is 10.2. The van der Waals surface area contributed by atoms with Gasteiger partial charge in [-0.15, -0.1) is 0 Å². The number of halogens is 2. The molecule has 3 N–H and O–H groups in total. The molecule has 20 heavy (non-hydrogen) atoms. The molecule has 0 aliphatic heterocycles. The summed E-state index contributed by atoms with van der Waals surface area (Å²) in [4.78, 5) is 12.3. The van der Waals surface area contributed by atoms with Crippen molar-refractivity contribution in [2.45, 2.75) is 0 Å². The molecule has 2 rings (SSSR count).